The zero-order chi connectivity index (χ0) is 11.4. The summed E-state index contributed by atoms with van der Waals surface area (Å²) in [5.41, 5.74) is 0.614. The molecule has 1 atom stereocenters. The van der Waals surface area contributed by atoms with Crippen molar-refractivity contribution in [1.29, 1.82) is 5.26 Å². The van der Waals surface area contributed by atoms with Gasteiger partial charge < -0.3 is 9.64 Å². The molecule has 84 valence electrons. The van der Waals surface area contributed by atoms with Crippen molar-refractivity contribution in [2.24, 2.45) is 0 Å². The van der Waals surface area contributed by atoms with E-state index in [1.807, 2.05) is 18.2 Å². The molecule has 0 radical (unpaired) electrons. The van der Waals surface area contributed by atoms with Crippen molar-refractivity contribution >= 4 is 0 Å². The van der Waals surface area contributed by atoms with Crippen molar-refractivity contribution in [3.8, 4) is 11.8 Å². The molecule has 0 saturated carbocycles. The molecule has 1 aromatic rings. The van der Waals surface area contributed by atoms with Gasteiger partial charge in [-0.1, -0.05) is 12.1 Å². The molecule has 0 spiro atoms. The molecule has 0 aliphatic carbocycles. The lowest BCUT2D eigenvalue weighted by Gasteiger charge is -2.19. The van der Waals surface area contributed by atoms with Crippen molar-refractivity contribution in [1.82, 2.24) is 4.90 Å². The lowest BCUT2D eigenvalue weighted by Crippen LogP contribution is -2.30. The third-order valence-corrected chi connectivity index (χ3v) is 3.11. The predicted octanol–water partition coefficient (Wildman–Crippen LogP) is 2.03. The van der Waals surface area contributed by atoms with Crippen molar-refractivity contribution < 1.29 is 4.74 Å². The van der Waals surface area contributed by atoms with Crippen molar-refractivity contribution in [2.45, 2.75) is 18.9 Å². The van der Waals surface area contributed by atoms with Gasteiger partial charge in [0.2, 0.25) is 0 Å². The highest BCUT2D eigenvalue weighted by Crippen LogP contribution is 2.20. The fraction of sp³-hybridized carbons (Fsp3) is 0.462. The van der Waals surface area contributed by atoms with Gasteiger partial charge in [-0.05, 0) is 38.6 Å². The van der Waals surface area contributed by atoms with Gasteiger partial charge in [-0.25, -0.2) is 0 Å². The first-order chi connectivity index (χ1) is 7.81. The molecule has 0 bridgehead atoms. The van der Waals surface area contributed by atoms with Crippen LogP contribution in [0.25, 0.3) is 0 Å². The van der Waals surface area contributed by atoms with E-state index in [-0.39, 0.29) is 0 Å². The van der Waals surface area contributed by atoms with E-state index in [0.29, 0.717) is 24.0 Å². The van der Waals surface area contributed by atoms with Crippen LogP contribution in [-0.2, 0) is 0 Å². The molecule has 1 unspecified atom stereocenters. The number of ether oxygens (including phenoxy) is 1. The molecule has 1 aliphatic rings. The smallest absolute Gasteiger partial charge is 0.137 e. The Labute approximate surface area is 96.2 Å². The fourth-order valence-corrected chi connectivity index (χ4v) is 2.06. The summed E-state index contributed by atoms with van der Waals surface area (Å²) in [4.78, 5) is 2.31. The summed E-state index contributed by atoms with van der Waals surface area (Å²) in [6.07, 6.45) is 2.43. The van der Waals surface area contributed by atoms with E-state index >= 15 is 0 Å². The molecule has 1 aliphatic heterocycles. The largest absolute Gasteiger partial charge is 0.491 e. The summed E-state index contributed by atoms with van der Waals surface area (Å²) in [5.74, 6) is 0.699. The lowest BCUT2D eigenvalue weighted by atomic mass is 10.2. The second kappa shape index (κ2) is 5.00. The van der Waals surface area contributed by atoms with E-state index < -0.39 is 0 Å². The van der Waals surface area contributed by atoms with Gasteiger partial charge in [0, 0.05) is 6.04 Å². The number of hydrogen-bond acceptors (Lipinski definition) is 3. The average Bonchev–Trinajstić information content (AvgIpc) is 2.72. The predicted molar refractivity (Wildman–Crippen MR) is 62.3 cm³/mol. The molecule has 0 amide bonds. The lowest BCUT2D eigenvalue weighted by molar-refractivity contribution is 0.198. The number of nitriles is 1. The number of benzene rings is 1. The number of hydrogen-bond donors (Lipinski definition) is 0. The Morgan fingerprint density at radius 1 is 1.50 bits per heavy atom. The highest BCUT2D eigenvalue weighted by molar-refractivity contribution is 5.42. The third-order valence-electron chi connectivity index (χ3n) is 3.11. The second-order valence-electron chi connectivity index (χ2n) is 4.20. The quantitative estimate of drug-likeness (QED) is 0.775. The Bertz CT molecular complexity index is 397. The van der Waals surface area contributed by atoms with E-state index in [1.54, 1.807) is 6.07 Å². The molecular weight excluding hydrogens is 200 g/mol. The van der Waals surface area contributed by atoms with Gasteiger partial charge in [-0.2, -0.15) is 5.26 Å². The topological polar surface area (TPSA) is 36.3 Å². The van der Waals surface area contributed by atoms with Crippen molar-refractivity contribution in [2.75, 3.05) is 20.2 Å². The van der Waals surface area contributed by atoms with E-state index in [4.69, 9.17) is 10.00 Å². The van der Waals surface area contributed by atoms with E-state index in [0.717, 1.165) is 6.54 Å². The number of para-hydroxylation sites is 1. The SMILES string of the molecule is CN1CCCC1COc1ccccc1C#N. The highest BCUT2D eigenvalue weighted by atomic mass is 16.5. The summed E-state index contributed by atoms with van der Waals surface area (Å²) in [5, 5.41) is 8.92. The standard InChI is InChI=1S/C13H16N2O/c1-15-8-4-6-12(15)10-16-13-7-3-2-5-11(13)9-14/h2-3,5,7,12H,4,6,8,10H2,1H3. The maximum Gasteiger partial charge on any atom is 0.137 e. The van der Waals surface area contributed by atoms with Crippen molar-refractivity contribution in [3.63, 3.8) is 0 Å². The number of rotatable bonds is 3. The first kappa shape index (κ1) is 11.0. The first-order valence-corrected chi connectivity index (χ1v) is 5.63. The molecule has 3 heteroatoms. The zero-order valence-corrected chi connectivity index (χ0v) is 9.52. The van der Waals surface area contributed by atoms with E-state index in [2.05, 4.69) is 18.0 Å². The molecule has 0 aromatic heterocycles. The van der Waals surface area contributed by atoms with Gasteiger partial charge in [0.1, 0.15) is 18.4 Å². The average molecular weight is 216 g/mol. The van der Waals surface area contributed by atoms with E-state index in [1.165, 1.54) is 12.8 Å². The third kappa shape index (κ3) is 2.34. The van der Waals surface area contributed by atoms with Crippen LogP contribution in [0.2, 0.25) is 0 Å². The minimum atomic E-state index is 0.492. The number of nitrogens with zero attached hydrogens (tertiary/aromatic N) is 2. The minimum absolute atomic E-state index is 0.492. The molecule has 0 N–H and O–H groups in total. The summed E-state index contributed by atoms with van der Waals surface area (Å²) in [6, 6.07) is 10.0. The maximum atomic E-state index is 8.92. The van der Waals surface area contributed by atoms with Gasteiger partial charge in [-0.15, -0.1) is 0 Å². The molecule has 1 fully saturated rings. The monoisotopic (exact) mass is 216 g/mol. The van der Waals surface area contributed by atoms with Gasteiger partial charge in [-0.3, -0.25) is 0 Å². The fourth-order valence-electron chi connectivity index (χ4n) is 2.06. The van der Waals surface area contributed by atoms with Crippen LogP contribution in [0, 0.1) is 11.3 Å². The van der Waals surface area contributed by atoms with Gasteiger partial charge in [0.15, 0.2) is 0 Å². The number of likely N-dealkylation sites (N-methyl/N-ethyl adjacent to an activating group) is 1. The van der Waals surface area contributed by atoms with Crippen LogP contribution in [0.3, 0.4) is 0 Å². The molecule has 1 aromatic carbocycles. The molecular formula is C13H16N2O. The molecule has 1 saturated heterocycles. The van der Waals surface area contributed by atoms with Crippen molar-refractivity contribution in [3.05, 3.63) is 29.8 Å². The van der Waals surface area contributed by atoms with Gasteiger partial charge in [0.25, 0.3) is 0 Å². The minimum Gasteiger partial charge on any atom is -0.491 e. The Morgan fingerprint density at radius 2 is 2.31 bits per heavy atom. The Kier molecular flexibility index (Phi) is 3.43. The Hall–Kier alpha value is -1.53. The van der Waals surface area contributed by atoms with E-state index in [9.17, 15) is 0 Å². The molecule has 3 nitrogen and oxygen atoms in total. The zero-order valence-electron chi connectivity index (χ0n) is 9.52. The summed E-state index contributed by atoms with van der Waals surface area (Å²) in [7, 11) is 2.12. The molecule has 2 rings (SSSR count). The Morgan fingerprint density at radius 3 is 3.00 bits per heavy atom. The second-order valence-corrected chi connectivity index (χ2v) is 4.20. The van der Waals surface area contributed by atoms with Crippen LogP contribution >= 0.6 is 0 Å². The Balaban J connectivity index is 1.97. The first-order valence-electron chi connectivity index (χ1n) is 5.63. The normalized spacial score (nSPS) is 20.6. The number of likely N-dealkylation sites (tertiary alicyclic amines) is 1. The summed E-state index contributed by atoms with van der Waals surface area (Å²) < 4.78 is 5.72. The highest BCUT2D eigenvalue weighted by Gasteiger charge is 2.21. The summed E-state index contributed by atoms with van der Waals surface area (Å²) in [6.45, 7) is 1.82. The molecule has 16 heavy (non-hydrogen) atoms. The van der Waals surface area contributed by atoms with Crippen LogP contribution < -0.4 is 4.74 Å². The molecule has 1 heterocycles. The van der Waals surface area contributed by atoms with Crippen LogP contribution in [-0.4, -0.2) is 31.1 Å². The van der Waals surface area contributed by atoms with Crippen LogP contribution in [0.15, 0.2) is 24.3 Å². The van der Waals surface area contributed by atoms with Crippen LogP contribution in [0.5, 0.6) is 5.75 Å². The van der Waals surface area contributed by atoms with Crippen LogP contribution in [0.1, 0.15) is 18.4 Å². The maximum absolute atomic E-state index is 8.92. The van der Waals surface area contributed by atoms with Gasteiger partial charge >= 0.3 is 0 Å². The van der Waals surface area contributed by atoms with Crippen LogP contribution in [0.4, 0.5) is 0 Å². The van der Waals surface area contributed by atoms with Gasteiger partial charge in [0.05, 0.1) is 5.56 Å². The summed E-state index contributed by atoms with van der Waals surface area (Å²) >= 11 is 0.